The summed E-state index contributed by atoms with van der Waals surface area (Å²) in [5.41, 5.74) is 2.90. The number of carboxylic acid groups (broad SMARTS) is 1. The van der Waals surface area contributed by atoms with E-state index in [0.717, 1.165) is 17.3 Å². The van der Waals surface area contributed by atoms with Crippen LogP contribution in [0.1, 0.15) is 5.56 Å². The fourth-order valence-corrected chi connectivity index (χ4v) is 2.59. The van der Waals surface area contributed by atoms with Crippen LogP contribution in [0.2, 0.25) is 0 Å². The van der Waals surface area contributed by atoms with Crippen LogP contribution < -0.4 is 14.6 Å². The van der Waals surface area contributed by atoms with Gasteiger partial charge < -0.3 is 19.4 Å². The normalized spacial score (nSPS) is 10.8. The number of methoxy groups -OCH3 is 2. The summed E-state index contributed by atoms with van der Waals surface area (Å²) in [6.45, 7) is 0. The second kappa shape index (κ2) is 7.57. The van der Waals surface area contributed by atoms with Crippen LogP contribution in [0.3, 0.4) is 0 Å². The van der Waals surface area contributed by atoms with E-state index in [0.29, 0.717) is 22.8 Å². The zero-order valence-corrected chi connectivity index (χ0v) is 14.4. The van der Waals surface area contributed by atoms with Crippen molar-refractivity contribution in [2.75, 3.05) is 14.2 Å². The summed E-state index contributed by atoms with van der Waals surface area (Å²) in [5.74, 6) is -0.101. The third kappa shape index (κ3) is 3.59. The van der Waals surface area contributed by atoms with Crippen molar-refractivity contribution in [3.05, 3.63) is 66.4 Å². The molecule has 0 radical (unpaired) electrons. The van der Waals surface area contributed by atoms with Crippen molar-refractivity contribution in [2.24, 2.45) is 0 Å². The van der Waals surface area contributed by atoms with E-state index in [1.54, 1.807) is 37.2 Å². The topological polar surface area (TPSA) is 76.4 Å². The molecule has 1 aromatic heterocycles. The summed E-state index contributed by atoms with van der Waals surface area (Å²) in [7, 11) is 3.12. The Morgan fingerprint density at radius 2 is 1.81 bits per heavy atom. The molecule has 0 N–H and O–H groups in total. The Kier molecular flexibility index (Phi) is 5.03. The molecular formula is C20H17N2O4-. The average molecular weight is 349 g/mol. The average Bonchev–Trinajstić information content (AvgIpc) is 3.10. The lowest BCUT2D eigenvalue weighted by atomic mass is 10.1. The van der Waals surface area contributed by atoms with E-state index >= 15 is 0 Å². The summed E-state index contributed by atoms with van der Waals surface area (Å²) >= 11 is 0. The molecule has 26 heavy (non-hydrogen) atoms. The minimum atomic E-state index is -1.27. The van der Waals surface area contributed by atoms with Gasteiger partial charge in [-0.25, -0.2) is 4.68 Å². The SMILES string of the molecule is COc1ccc(-c2nn(-c3ccccc3)cc2/C=C/C(=O)[O-])cc1OC. The number of para-hydroxylation sites is 1. The quantitative estimate of drug-likeness (QED) is 0.638. The second-order valence-corrected chi connectivity index (χ2v) is 5.44. The van der Waals surface area contributed by atoms with E-state index in [4.69, 9.17) is 9.47 Å². The van der Waals surface area contributed by atoms with Crippen LogP contribution in [-0.4, -0.2) is 30.0 Å². The van der Waals surface area contributed by atoms with Crippen LogP contribution >= 0.6 is 0 Å². The van der Waals surface area contributed by atoms with E-state index in [9.17, 15) is 9.90 Å². The lowest BCUT2D eigenvalue weighted by molar-refractivity contribution is -0.297. The van der Waals surface area contributed by atoms with Crippen molar-refractivity contribution in [1.29, 1.82) is 0 Å². The molecule has 0 fully saturated rings. The highest BCUT2D eigenvalue weighted by atomic mass is 16.5. The van der Waals surface area contributed by atoms with E-state index in [1.807, 2.05) is 36.4 Å². The molecule has 0 saturated heterocycles. The first kappa shape index (κ1) is 17.3. The summed E-state index contributed by atoms with van der Waals surface area (Å²) in [4.78, 5) is 10.8. The van der Waals surface area contributed by atoms with E-state index in [1.165, 1.54) is 6.08 Å². The fraction of sp³-hybridized carbons (Fsp3) is 0.100. The second-order valence-electron chi connectivity index (χ2n) is 5.44. The highest BCUT2D eigenvalue weighted by molar-refractivity contribution is 5.86. The lowest BCUT2D eigenvalue weighted by Crippen LogP contribution is -2.18. The Balaban J connectivity index is 2.13. The molecule has 0 saturated carbocycles. The number of carbonyl (C=O) groups is 1. The van der Waals surface area contributed by atoms with Gasteiger partial charge in [0.2, 0.25) is 0 Å². The van der Waals surface area contributed by atoms with Gasteiger partial charge in [-0.3, -0.25) is 0 Å². The van der Waals surface area contributed by atoms with Crippen molar-refractivity contribution in [1.82, 2.24) is 9.78 Å². The summed E-state index contributed by atoms with van der Waals surface area (Å²) in [5, 5.41) is 15.4. The monoisotopic (exact) mass is 349 g/mol. The van der Waals surface area contributed by atoms with Gasteiger partial charge in [-0.2, -0.15) is 5.10 Å². The number of nitrogens with zero attached hydrogens (tertiary/aromatic N) is 2. The van der Waals surface area contributed by atoms with Crippen molar-refractivity contribution in [2.45, 2.75) is 0 Å². The maximum absolute atomic E-state index is 10.8. The number of aliphatic carboxylic acids is 1. The maximum Gasteiger partial charge on any atom is 0.161 e. The highest BCUT2D eigenvalue weighted by Gasteiger charge is 2.13. The third-order valence-corrected chi connectivity index (χ3v) is 3.82. The van der Waals surface area contributed by atoms with E-state index < -0.39 is 5.97 Å². The van der Waals surface area contributed by atoms with E-state index in [-0.39, 0.29) is 0 Å². The van der Waals surface area contributed by atoms with Crippen LogP contribution in [0.25, 0.3) is 23.0 Å². The number of hydrogen-bond donors (Lipinski definition) is 0. The summed E-state index contributed by atoms with van der Waals surface area (Å²) < 4.78 is 12.3. The van der Waals surface area contributed by atoms with Gasteiger partial charge in [0.1, 0.15) is 5.69 Å². The number of hydrogen-bond acceptors (Lipinski definition) is 5. The Hall–Kier alpha value is -3.54. The van der Waals surface area contributed by atoms with Crippen LogP contribution in [0.5, 0.6) is 11.5 Å². The van der Waals surface area contributed by atoms with Gasteiger partial charge in [0.05, 0.1) is 25.9 Å². The molecule has 6 nitrogen and oxygen atoms in total. The molecule has 0 spiro atoms. The van der Waals surface area contributed by atoms with Crippen molar-refractivity contribution in [3.8, 4) is 28.4 Å². The van der Waals surface area contributed by atoms with Crippen molar-refractivity contribution in [3.63, 3.8) is 0 Å². The number of rotatable bonds is 6. The smallest absolute Gasteiger partial charge is 0.161 e. The Labute approximate surface area is 150 Å². The molecule has 132 valence electrons. The van der Waals surface area contributed by atoms with Gasteiger partial charge in [0.15, 0.2) is 11.5 Å². The number of carbonyl (C=O) groups excluding carboxylic acids is 1. The van der Waals surface area contributed by atoms with E-state index in [2.05, 4.69) is 5.10 Å². The summed E-state index contributed by atoms with van der Waals surface area (Å²) in [6, 6.07) is 15.0. The van der Waals surface area contributed by atoms with Gasteiger partial charge in [-0.15, -0.1) is 0 Å². The molecule has 0 aliphatic heterocycles. The molecule has 2 aromatic carbocycles. The standard InChI is InChI=1S/C20H18N2O4/c1-25-17-10-8-14(12-18(17)26-2)20-15(9-11-19(23)24)13-22(21-20)16-6-4-3-5-7-16/h3-13H,1-2H3,(H,23,24)/p-1/b11-9+. The minimum Gasteiger partial charge on any atom is -0.545 e. The van der Waals surface area contributed by atoms with Crippen molar-refractivity contribution >= 4 is 12.0 Å². The molecule has 0 aliphatic rings. The zero-order chi connectivity index (χ0) is 18.5. The first-order valence-electron chi connectivity index (χ1n) is 7.89. The summed E-state index contributed by atoms with van der Waals surface area (Å²) in [6.07, 6.45) is 4.21. The van der Waals surface area contributed by atoms with Crippen LogP contribution in [-0.2, 0) is 4.79 Å². The van der Waals surface area contributed by atoms with Crippen molar-refractivity contribution < 1.29 is 19.4 Å². The van der Waals surface area contributed by atoms with Gasteiger partial charge in [-0.1, -0.05) is 18.2 Å². The van der Waals surface area contributed by atoms with Gasteiger partial charge in [0.25, 0.3) is 0 Å². The molecule has 0 bridgehead atoms. The van der Waals surface area contributed by atoms with Crippen LogP contribution in [0, 0.1) is 0 Å². The molecule has 3 aromatic rings. The Bertz CT molecular complexity index is 946. The number of benzene rings is 2. The number of carboxylic acids is 1. The molecular weight excluding hydrogens is 332 g/mol. The highest BCUT2D eigenvalue weighted by Crippen LogP contribution is 2.33. The van der Waals surface area contributed by atoms with Gasteiger partial charge in [-0.05, 0) is 42.5 Å². The van der Waals surface area contributed by atoms with Crippen LogP contribution in [0.4, 0.5) is 0 Å². The molecule has 0 atom stereocenters. The third-order valence-electron chi connectivity index (χ3n) is 3.82. The maximum atomic E-state index is 10.8. The Morgan fingerprint density at radius 1 is 1.08 bits per heavy atom. The number of aromatic nitrogens is 2. The zero-order valence-electron chi connectivity index (χ0n) is 14.4. The molecule has 0 unspecified atom stereocenters. The molecule has 6 heteroatoms. The largest absolute Gasteiger partial charge is 0.545 e. The predicted molar refractivity (Wildman–Crippen MR) is 96.1 cm³/mol. The minimum absolute atomic E-state index is 0.564. The first-order chi connectivity index (χ1) is 12.6. The number of ether oxygens (including phenoxy) is 2. The van der Waals surface area contributed by atoms with Gasteiger partial charge >= 0.3 is 0 Å². The molecule has 0 aliphatic carbocycles. The molecule has 3 rings (SSSR count). The first-order valence-corrected chi connectivity index (χ1v) is 7.89. The lowest BCUT2D eigenvalue weighted by Gasteiger charge is -2.09. The van der Waals surface area contributed by atoms with Crippen LogP contribution in [0.15, 0.2) is 60.8 Å². The molecule has 1 heterocycles. The predicted octanol–water partition coefficient (Wildman–Crippen LogP) is 2.32. The molecule has 0 amide bonds. The fourth-order valence-electron chi connectivity index (χ4n) is 2.59. The Morgan fingerprint density at radius 3 is 2.46 bits per heavy atom. The van der Waals surface area contributed by atoms with Gasteiger partial charge in [0, 0.05) is 17.3 Å².